The molecule has 2 nitrogen and oxygen atoms in total. The summed E-state index contributed by atoms with van der Waals surface area (Å²) in [5.41, 5.74) is 11.1. The molecule has 0 saturated heterocycles. The minimum Gasteiger partial charge on any atom is -0.405 e. The molecule has 50 valence electrons. The average Bonchev–Trinajstić information content (AvgIpc) is 1.89. The zero-order valence-electron chi connectivity index (χ0n) is 5.38. The molecule has 0 aromatic carbocycles. The molecular formula is C7H12N2. The first-order chi connectivity index (χ1) is 4.31. The van der Waals surface area contributed by atoms with Crippen LogP contribution in [0.25, 0.3) is 0 Å². The van der Waals surface area contributed by atoms with Gasteiger partial charge in [0.25, 0.3) is 0 Å². The van der Waals surface area contributed by atoms with Gasteiger partial charge in [-0.05, 0) is 18.7 Å². The Morgan fingerprint density at radius 2 is 2.22 bits per heavy atom. The molecule has 0 saturated carbocycles. The number of nitrogens with two attached hydrogens (primary N) is 2. The Bertz CT molecular complexity index is 134. The van der Waals surface area contributed by atoms with Crippen LogP contribution in [0.3, 0.4) is 0 Å². The fourth-order valence-electron chi connectivity index (χ4n) is 0.366. The van der Waals surface area contributed by atoms with Crippen molar-refractivity contribution >= 4 is 0 Å². The quantitative estimate of drug-likeness (QED) is 0.549. The van der Waals surface area contributed by atoms with E-state index in [2.05, 4.69) is 6.58 Å². The minimum absolute atomic E-state index is 0.688. The molecule has 0 atom stereocenters. The van der Waals surface area contributed by atoms with Crippen LogP contribution in [-0.2, 0) is 0 Å². The molecule has 0 amide bonds. The molecule has 0 aliphatic carbocycles. The van der Waals surface area contributed by atoms with Crippen molar-refractivity contribution in [3.05, 3.63) is 36.7 Å². The Kier molecular flexibility index (Phi) is 4.32. The van der Waals surface area contributed by atoms with Crippen molar-refractivity contribution in [2.75, 3.05) is 0 Å². The molecule has 2 heteroatoms. The summed E-state index contributed by atoms with van der Waals surface area (Å²) in [6.07, 6.45) is 7.53. The van der Waals surface area contributed by atoms with Crippen LogP contribution < -0.4 is 11.5 Å². The lowest BCUT2D eigenvalue weighted by molar-refractivity contribution is 1.29. The molecule has 0 aliphatic rings. The summed E-state index contributed by atoms with van der Waals surface area (Å²) in [6, 6.07) is 0. The van der Waals surface area contributed by atoms with Gasteiger partial charge in [0, 0.05) is 5.70 Å². The molecule has 0 unspecified atom stereocenters. The molecule has 9 heavy (non-hydrogen) atoms. The Balaban J connectivity index is 3.56. The van der Waals surface area contributed by atoms with E-state index in [1.807, 2.05) is 12.2 Å². The molecule has 0 rings (SSSR count). The van der Waals surface area contributed by atoms with Crippen LogP contribution in [-0.4, -0.2) is 0 Å². The molecule has 0 aromatic heterocycles. The van der Waals surface area contributed by atoms with Gasteiger partial charge in [-0.1, -0.05) is 18.7 Å². The van der Waals surface area contributed by atoms with E-state index in [0.717, 1.165) is 6.42 Å². The highest BCUT2D eigenvalue weighted by Gasteiger charge is 1.75. The Morgan fingerprint density at radius 1 is 1.56 bits per heavy atom. The Labute approximate surface area is 55.5 Å². The van der Waals surface area contributed by atoms with E-state index >= 15 is 0 Å². The molecule has 4 N–H and O–H groups in total. The second kappa shape index (κ2) is 4.97. The maximum Gasteiger partial charge on any atom is 0.0270 e. The van der Waals surface area contributed by atoms with Crippen LogP contribution >= 0.6 is 0 Å². The smallest absolute Gasteiger partial charge is 0.0270 e. The van der Waals surface area contributed by atoms with E-state index in [1.54, 1.807) is 6.08 Å². The summed E-state index contributed by atoms with van der Waals surface area (Å²) in [6.45, 7) is 3.49. The van der Waals surface area contributed by atoms with Crippen molar-refractivity contribution < 1.29 is 0 Å². The number of hydrogen-bond donors (Lipinski definition) is 2. The lowest BCUT2D eigenvalue weighted by Crippen LogP contribution is -1.90. The SMILES string of the molecule is C=C/C(N)=C\C/C=C/N. The van der Waals surface area contributed by atoms with Gasteiger partial charge in [-0.2, -0.15) is 0 Å². The molecule has 0 spiro atoms. The van der Waals surface area contributed by atoms with E-state index in [1.165, 1.54) is 6.20 Å². The van der Waals surface area contributed by atoms with Crippen molar-refractivity contribution in [1.29, 1.82) is 0 Å². The largest absolute Gasteiger partial charge is 0.405 e. The molecular weight excluding hydrogens is 112 g/mol. The lowest BCUT2D eigenvalue weighted by Gasteiger charge is -1.86. The van der Waals surface area contributed by atoms with Gasteiger partial charge in [0.15, 0.2) is 0 Å². The van der Waals surface area contributed by atoms with Crippen LogP contribution in [0.5, 0.6) is 0 Å². The van der Waals surface area contributed by atoms with Gasteiger partial charge in [-0.25, -0.2) is 0 Å². The zero-order valence-corrected chi connectivity index (χ0v) is 5.38. The van der Waals surface area contributed by atoms with E-state index in [0.29, 0.717) is 5.70 Å². The van der Waals surface area contributed by atoms with Gasteiger partial charge >= 0.3 is 0 Å². The zero-order chi connectivity index (χ0) is 7.11. The van der Waals surface area contributed by atoms with Gasteiger partial charge < -0.3 is 11.5 Å². The van der Waals surface area contributed by atoms with Crippen molar-refractivity contribution in [3.63, 3.8) is 0 Å². The van der Waals surface area contributed by atoms with Gasteiger partial charge in [-0.3, -0.25) is 0 Å². The highest BCUT2D eigenvalue weighted by atomic mass is 14.5. The fourth-order valence-corrected chi connectivity index (χ4v) is 0.366. The summed E-state index contributed by atoms with van der Waals surface area (Å²) >= 11 is 0. The third-order valence-corrected chi connectivity index (χ3v) is 0.861. The summed E-state index contributed by atoms with van der Waals surface area (Å²) in [4.78, 5) is 0. The Morgan fingerprint density at radius 3 is 2.67 bits per heavy atom. The molecule has 0 aliphatic heterocycles. The number of rotatable bonds is 3. The first-order valence-corrected chi connectivity index (χ1v) is 2.76. The van der Waals surface area contributed by atoms with Crippen molar-refractivity contribution in [3.8, 4) is 0 Å². The first kappa shape index (κ1) is 7.82. The summed E-state index contributed by atoms with van der Waals surface area (Å²) < 4.78 is 0. The van der Waals surface area contributed by atoms with E-state index in [4.69, 9.17) is 11.5 Å². The average molecular weight is 124 g/mol. The monoisotopic (exact) mass is 124 g/mol. The topological polar surface area (TPSA) is 52.0 Å². The highest BCUT2D eigenvalue weighted by molar-refractivity contribution is 5.12. The van der Waals surface area contributed by atoms with Gasteiger partial charge in [-0.15, -0.1) is 0 Å². The Hall–Kier alpha value is -1.18. The van der Waals surface area contributed by atoms with E-state index < -0.39 is 0 Å². The fraction of sp³-hybridized carbons (Fsp3) is 0.143. The van der Waals surface area contributed by atoms with E-state index in [-0.39, 0.29) is 0 Å². The predicted molar refractivity (Wildman–Crippen MR) is 40.4 cm³/mol. The molecule has 0 radical (unpaired) electrons. The number of allylic oxidation sites excluding steroid dienone is 3. The van der Waals surface area contributed by atoms with Crippen LogP contribution in [0, 0.1) is 0 Å². The standard InChI is InChI=1S/C7H12N2/c1-2-7(9)5-3-4-6-8/h2,4-6H,1,3,8-9H2/b6-4+,7-5+. The maximum atomic E-state index is 5.38. The van der Waals surface area contributed by atoms with Crippen molar-refractivity contribution in [2.24, 2.45) is 11.5 Å². The minimum atomic E-state index is 0.688. The normalized spacial score (nSPS) is 12.2. The van der Waals surface area contributed by atoms with Gasteiger partial charge in [0.05, 0.1) is 0 Å². The third-order valence-electron chi connectivity index (χ3n) is 0.861. The van der Waals surface area contributed by atoms with E-state index in [9.17, 15) is 0 Å². The predicted octanol–water partition coefficient (Wildman–Crippen LogP) is 0.878. The highest BCUT2D eigenvalue weighted by Crippen LogP contribution is 1.89. The lowest BCUT2D eigenvalue weighted by atomic mass is 10.3. The van der Waals surface area contributed by atoms with Crippen LogP contribution in [0.1, 0.15) is 6.42 Å². The van der Waals surface area contributed by atoms with Crippen LogP contribution in [0.2, 0.25) is 0 Å². The molecule has 0 bridgehead atoms. The summed E-state index contributed by atoms with van der Waals surface area (Å²) in [7, 11) is 0. The second-order valence-corrected chi connectivity index (χ2v) is 1.57. The molecule has 0 heterocycles. The van der Waals surface area contributed by atoms with Gasteiger partial charge in [0.1, 0.15) is 0 Å². The number of hydrogen-bond acceptors (Lipinski definition) is 2. The summed E-state index contributed by atoms with van der Waals surface area (Å²) in [5.74, 6) is 0. The van der Waals surface area contributed by atoms with Crippen molar-refractivity contribution in [1.82, 2.24) is 0 Å². The molecule has 0 aromatic rings. The first-order valence-electron chi connectivity index (χ1n) is 2.76. The summed E-state index contributed by atoms with van der Waals surface area (Å²) in [5, 5.41) is 0. The maximum absolute atomic E-state index is 5.38. The van der Waals surface area contributed by atoms with Crippen molar-refractivity contribution in [2.45, 2.75) is 6.42 Å². The van der Waals surface area contributed by atoms with Crippen LogP contribution in [0.4, 0.5) is 0 Å². The van der Waals surface area contributed by atoms with Crippen LogP contribution in [0.15, 0.2) is 36.7 Å². The van der Waals surface area contributed by atoms with Gasteiger partial charge in [0.2, 0.25) is 0 Å². The molecule has 0 fully saturated rings. The third kappa shape index (κ3) is 4.68. The second-order valence-electron chi connectivity index (χ2n) is 1.57.